The number of aromatic nitrogens is 4. The molecule has 0 bridgehead atoms. The topological polar surface area (TPSA) is 167 Å². The lowest BCUT2D eigenvalue weighted by Crippen LogP contribution is -2.70. The van der Waals surface area contributed by atoms with Gasteiger partial charge in [0.1, 0.15) is 23.4 Å². The summed E-state index contributed by atoms with van der Waals surface area (Å²) < 4.78 is 0. The lowest BCUT2D eigenvalue weighted by molar-refractivity contribution is -0.150. The highest BCUT2D eigenvalue weighted by Gasteiger charge is 2.54. The third-order valence-electron chi connectivity index (χ3n) is 4.25. The Bertz CT molecular complexity index is 990. The normalized spacial score (nSPS) is 21.0. The number of carboxylic acids is 1. The van der Waals surface area contributed by atoms with Crippen molar-refractivity contribution in [1.82, 2.24) is 30.4 Å². The van der Waals surface area contributed by atoms with Crippen LogP contribution in [0, 0.1) is 0 Å². The quantitative estimate of drug-likeness (QED) is 0.329. The molecule has 1 fully saturated rings. The third-order valence-corrected chi connectivity index (χ3v) is 7.28. The molecule has 0 aliphatic carbocycles. The number of thiazole rings is 1. The predicted octanol–water partition coefficient (Wildman–Crippen LogP) is -0.0832. The number of aliphatic carboxylic acids is 1. The van der Waals surface area contributed by atoms with Crippen LogP contribution in [0.3, 0.4) is 0 Å². The van der Waals surface area contributed by atoms with Crippen LogP contribution in [0.2, 0.25) is 0 Å². The summed E-state index contributed by atoms with van der Waals surface area (Å²) in [6, 6.07) is -0.763. The number of fused-ring (bicyclic) bond motifs is 1. The maximum atomic E-state index is 12.6. The molecule has 14 heteroatoms. The summed E-state index contributed by atoms with van der Waals surface area (Å²) in [5.74, 6) is -1.16. The van der Waals surface area contributed by atoms with Crippen molar-refractivity contribution in [2.75, 3.05) is 17.2 Å². The molecular weight excluding hydrogens is 438 g/mol. The van der Waals surface area contributed by atoms with E-state index in [1.165, 1.54) is 46.1 Å². The molecule has 1 unspecified atom stereocenters. The summed E-state index contributed by atoms with van der Waals surface area (Å²) in [6.45, 7) is 0. The van der Waals surface area contributed by atoms with E-state index in [0.29, 0.717) is 33.1 Å². The zero-order valence-corrected chi connectivity index (χ0v) is 17.1. The minimum atomic E-state index is -1.17. The Labute approximate surface area is 176 Å². The van der Waals surface area contributed by atoms with Gasteiger partial charge in [-0.3, -0.25) is 19.6 Å². The lowest BCUT2D eigenvalue weighted by atomic mass is 10.0. The first kappa shape index (κ1) is 19.7. The number of nitrogens with one attached hydrogen (secondary N) is 2. The van der Waals surface area contributed by atoms with E-state index >= 15 is 0 Å². The Morgan fingerprint density at radius 3 is 2.97 bits per heavy atom. The van der Waals surface area contributed by atoms with Gasteiger partial charge in [-0.1, -0.05) is 11.8 Å². The maximum Gasteiger partial charge on any atom is 0.352 e. The van der Waals surface area contributed by atoms with E-state index in [1.807, 2.05) is 0 Å². The molecule has 5 N–H and O–H groups in total. The second-order valence-corrected chi connectivity index (χ2v) is 9.10. The molecule has 0 aromatic carbocycles. The van der Waals surface area contributed by atoms with Crippen molar-refractivity contribution in [3.8, 4) is 0 Å². The monoisotopic (exact) mass is 453 g/mol. The van der Waals surface area contributed by atoms with E-state index < -0.39 is 23.3 Å². The third kappa shape index (κ3) is 3.95. The number of anilines is 1. The number of thioether (sulfide) groups is 2. The van der Waals surface area contributed by atoms with Gasteiger partial charge in [0, 0.05) is 16.9 Å². The van der Waals surface area contributed by atoms with Gasteiger partial charge in [0.2, 0.25) is 5.91 Å². The number of H-pyrrole nitrogens is 1. The number of amides is 2. The number of carboxylic acid groups (broad SMARTS) is 1. The van der Waals surface area contributed by atoms with Gasteiger partial charge in [-0.05, 0) is 5.57 Å². The summed E-state index contributed by atoms with van der Waals surface area (Å²) >= 11 is 3.96. The number of nitrogen functional groups attached to an aromatic ring is 1. The number of hydrogen-bond acceptors (Lipinski definition) is 10. The molecule has 1 saturated heterocycles. The van der Waals surface area contributed by atoms with Crippen molar-refractivity contribution in [2.24, 2.45) is 0 Å². The molecule has 2 aliphatic rings. The minimum absolute atomic E-state index is 0.00949. The number of carbonyl (C=O) groups is 3. The summed E-state index contributed by atoms with van der Waals surface area (Å²) in [6.07, 6.45) is 1.38. The zero-order chi connectivity index (χ0) is 20.5. The van der Waals surface area contributed by atoms with Crippen LogP contribution in [0.4, 0.5) is 5.13 Å². The number of carbonyl (C=O) groups excluding carboxylic acids is 2. The maximum absolute atomic E-state index is 12.6. The molecule has 0 radical (unpaired) electrons. The van der Waals surface area contributed by atoms with Crippen LogP contribution in [0.1, 0.15) is 5.69 Å². The van der Waals surface area contributed by atoms with Crippen LogP contribution in [-0.2, 0) is 20.8 Å². The van der Waals surface area contributed by atoms with E-state index in [4.69, 9.17) is 5.73 Å². The van der Waals surface area contributed by atoms with Crippen molar-refractivity contribution in [3.05, 3.63) is 28.7 Å². The number of hydrogen-bond donors (Lipinski definition) is 4. The Hall–Kier alpha value is -2.58. The average molecular weight is 454 g/mol. The van der Waals surface area contributed by atoms with Crippen molar-refractivity contribution in [2.45, 2.75) is 23.0 Å². The lowest BCUT2D eigenvalue weighted by Gasteiger charge is -2.49. The molecule has 152 valence electrons. The van der Waals surface area contributed by atoms with Gasteiger partial charge in [0.25, 0.3) is 5.91 Å². The number of nitrogens with zero attached hydrogens (tertiary/aromatic N) is 4. The number of β-lactam (4-membered cyclic amide) rings is 1. The SMILES string of the molecule is Nc1nc(CC(=O)NC2C(=O)N3C(C(=O)O)=C(CSc4ncn[nH]4)CS[C@H]23)cs1. The Morgan fingerprint density at radius 2 is 2.31 bits per heavy atom. The Balaban J connectivity index is 1.43. The molecule has 2 aromatic heterocycles. The molecule has 2 aliphatic heterocycles. The fourth-order valence-electron chi connectivity index (χ4n) is 3.01. The van der Waals surface area contributed by atoms with Crippen LogP contribution in [0.5, 0.6) is 0 Å². The summed E-state index contributed by atoms with van der Waals surface area (Å²) in [5.41, 5.74) is 6.68. The largest absolute Gasteiger partial charge is 0.477 e. The predicted molar refractivity (Wildman–Crippen MR) is 107 cm³/mol. The molecule has 2 amide bonds. The van der Waals surface area contributed by atoms with Crippen molar-refractivity contribution in [1.29, 1.82) is 0 Å². The van der Waals surface area contributed by atoms with Crippen molar-refractivity contribution < 1.29 is 19.5 Å². The highest BCUT2D eigenvalue weighted by Crippen LogP contribution is 2.41. The first-order valence-electron chi connectivity index (χ1n) is 8.31. The average Bonchev–Trinajstić information content (AvgIpc) is 3.35. The molecular formula is C15H15N7O4S3. The summed E-state index contributed by atoms with van der Waals surface area (Å²) in [5, 5.41) is 21.0. The van der Waals surface area contributed by atoms with Gasteiger partial charge < -0.3 is 16.2 Å². The molecule has 0 spiro atoms. The van der Waals surface area contributed by atoms with E-state index in [1.54, 1.807) is 5.38 Å². The summed E-state index contributed by atoms with van der Waals surface area (Å²) in [7, 11) is 0. The molecule has 11 nitrogen and oxygen atoms in total. The van der Waals surface area contributed by atoms with Crippen LogP contribution < -0.4 is 11.1 Å². The second kappa shape index (κ2) is 8.04. The van der Waals surface area contributed by atoms with Gasteiger partial charge in [-0.15, -0.1) is 23.1 Å². The van der Waals surface area contributed by atoms with Crippen LogP contribution in [-0.4, -0.2) is 70.9 Å². The van der Waals surface area contributed by atoms with E-state index in [0.717, 1.165) is 0 Å². The van der Waals surface area contributed by atoms with Crippen LogP contribution in [0.25, 0.3) is 0 Å². The van der Waals surface area contributed by atoms with E-state index in [9.17, 15) is 19.5 Å². The highest BCUT2D eigenvalue weighted by molar-refractivity contribution is 8.01. The van der Waals surface area contributed by atoms with Gasteiger partial charge in [-0.2, -0.15) is 5.10 Å². The Kier molecular flexibility index (Phi) is 5.47. The highest BCUT2D eigenvalue weighted by atomic mass is 32.2. The molecule has 0 saturated carbocycles. The van der Waals surface area contributed by atoms with Crippen LogP contribution >= 0.6 is 34.9 Å². The van der Waals surface area contributed by atoms with Gasteiger partial charge in [-0.25, -0.2) is 14.8 Å². The van der Waals surface area contributed by atoms with E-state index in [-0.39, 0.29) is 18.0 Å². The van der Waals surface area contributed by atoms with Gasteiger partial charge in [0.05, 0.1) is 12.1 Å². The molecule has 2 aromatic rings. The first-order valence-corrected chi connectivity index (χ1v) is 11.2. The minimum Gasteiger partial charge on any atom is -0.477 e. The Morgan fingerprint density at radius 1 is 1.48 bits per heavy atom. The number of aromatic amines is 1. The van der Waals surface area contributed by atoms with Crippen molar-refractivity contribution >= 4 is 57.8 Å². The second-order valence-electron chi connectivity index (χ2n) is 6.15. The van der Waals surface area contributed by atoms with Crippen LogP contribution in [0.15, 0.2) is 28.1 Å². The van der Waals surface area contributed by atoms with E-state index in [2.05, 4.69) is 25.5 Å². The number of nitrogens with two attached hydrogens (primary N) is 1. The standard InChI is InChI=1S/C15H15N7O4S3/c16-14-19-7(4-28-14)1-8(23)20-9-11(24)22-10(13(25)26)6(2-27-12(9)22)3-29-15-17-5-18-21-15/h4-5,9,12H,1-3H2,(H2,16,19)(H,20,23)(H,25,26)(H,17,18,21)/t9?,12-/m1/s1. The first-order chi connectivity index (χ1) is 13.9. The molecule has 4 heterocycles. The van der Waals surface area contributed by atoms with Gasteiger partial charge in [0.15, 0.2) is 10.3 Å². The van der Waals surface area contributed by atoms with Gasteiger partial charge >= 0.3 is 5.97 Å². The summed E-state index contributed by atoms with van der Waals surface area (Å²) in [4.78, 5) is 45.9. The molecule has 29 heavy (non-hydrogen) atoms. The zero-order valence-electron chi connectivity index (χ0n) is 14.7. The fourth-order valence-corrected chi connectivity index (χ4v) is 5.83. The number of rotatable bonds is 7. The fraction of sp³-hybridized carbons (Fsp3) is 0.333. The smallest absolute Gasteiger partial charge is 0.352 e. The molecule has 2 atom stereocenters. The van der Waals surface area contributed by atoms with Crippen molar-refractivity contribution in [3.63, 3.8) is 0 Å². The molecule has 4 rings (SSSR count).